The van der Waals surface area contributed by atoms with Gasteiger partial charge in [-0.05, 0) is 177 Å². The Hall–Kier alpha value is -9.40. The van der Waals surface area contributed by atoms with Crippen molar-refractivity contribution in [2.45, 2.75) is 81.1 Å². The summed E-state index contributed by atoms with van der Waals surface area (Å²) in [6.07, 6.45) is 3.11. The molecule has 13 rings (SSSR count). The Morgan fingerprint density at radius 2 is 0.726 bits per heavy atom. The van der Waals surface area contributed by atoms with Crippen LogP contribution in [0.2, 0.25) is 0 Å². The van der Waals surface area contributed by atoms with Gasteiger partial charge in [0.1, 0.15) is 23.0 Å². The minimum atomic E-state index is 0.745. The largest absolute Gasteiger partial charge is 0.496 e. The predicted octanol–water partition coefficient (Wildman–Crippen LogP) is 20.1. The number of aromatic amines is 2. The molecule has 0 saturated carbocycles. The fourth-order valence-electron chi connectivity index (χ4n) is 14.1. The van der Waals surface area contributed by atoms with Gasteiger partial charge in [0.15, 0.2) is 0 Å². The molecular weight excluding hydrogens is 1030 g/mol. The molecule has 84 heavy (non-hydrogen) atoms. The minimum absolute atomic E-state index is 0.745. The maximum Gasteiger partial charge on any atom is 0.135 e. The van der Waals surface area contributed by atoms with E-state index in [9.17, 15) is 0 Å². The molecule has 5 heterocycles. The van der Waals surface area contributed by atoms with Crippen LogP contribution in [-0.2, 0) is 12.8 Å². The van der Waals surface area contributed by atoms with Gasteiger partial charge in [-0.25, -0.2) is 9.97 Å². The number of aromatic nitrogens is 4. The third kappa shape index (κ3) is 8.23. The zero-order valence-corrected chi connectivity index (χ0v) is 50.2. The average Bonchev–Trinajstić information content (AvgIpc) is 1.76. The van der Waals surface area contributed by atoms with Crippen LogP contribution in [0.4, 0.5) is 0 Å². The first-order chi connectivity index (χ1) is 41.0. The summed E-state index contributed by atoms with van der Waals surface area (Å²) in [4.78, 5) is 20.0. The van der Waals surface area contributed by atoms with Crippen LogP contribution >= 0.6 is 0 Å². The van der Waals surface area contributed by atoms with Crippen molar-refractivity contribution in [3.63, 3.8) is 0 Å². The summed E-state index contributed by atoms with van der Waals surface area (Å²) in [7, 11) is 7.11. The number of nitrogens with one attached hydrogen (secondary N) is 2. The Morgan fingerprint density at radius 3 is 1.07 bits per heavy atom. The van der Waals surface area contributed by atoms with E-state index in [4.69, 9.17) is 28.9 Å². The van der Waals surface area contributed by atoms with Crippen LogP contribution in [0.3, 0.4) is 0 Å². The SMILES string of the molecule is CCC1=C(C)c2nc1cc1[nH]c(c(C)c1CC)c(-c1cc3ccccc3c(-c3c(OC)ccc4ccccc34)c1OC)c1nc(cc3[nH]c(c(C)c3CC)c2-c2cc3ccccc3c(-c3c(OC)ccc4ccccc34)c2OC)C(CC)=C1C. The Labute approximate surface area is 491 Å². The Bertz CT molecular complexity index is 4520. The first kappa shape index (κ1) is 53.9. The number of nitrogens with zero attached hydrogens (tertiary/aromatic N) is 2. The van der Waals surface area contributed by atoms with E-state index in [-0.39, 0.29) is 0 Å². The number of benzene rings is 8. The van der Waals surface area contributed by atoms with Gasteiger partial charge in [-0.2, -0.15) is 0 Å². The highest BCUT2D eigenvalue weighted by molar-refractivity contribution is 6.16. The van der Waals surface area contributed by atoms with Crippen LogP contribution in [0.15, 0.2) is 146 Å². The monoisotopic (exact) mass is 1100 g/mol. The highest BCUT2D eigenvalue weighted by Gasteiger charge is 2.31. The van der Waals surface area contributed by atoms with Crippen molar-refractivity contribution >= 4 is 87.4 Å². The molecule has 0 fully saturated rings. The van der Waals surface area contributed by atoms with E-state index in [1.807, 2.05) is 0 Å². The maximum absolute atomic E-state index is 6.88. The van der Waals surface area contributed by atoms with Crippen LogP contribution in [0.1, 0.15) is 99.4 Å². The van der Waals surface area contributed by atoms with Gasteiger partial charge < -0.3 is 28.9 Å². The topological polar surface area (TPSA) is 94.3 Å². The molecule has 0 spiro atoms. The summed E-state index contributed by atoms with van der Waals surface area (Å²) >= 11 is 0. The number of allylic oxidation sites excluding steroid dienone is 4. The molecule has 0 atom stereocenters. The number of methoxy groups -OCH3 is 4. The molecule has 2 N–H and O–H groups in total. The molecule has 0 aliphatic carbocycles. The first-order valence-electron chi connectivity index (χ1n) is 29.5. The number of aryl methyl sites for hydroxylation is 4. The Morgan fingerprint density at radius 1 is 0.369 bits per heavy atom. The third-order valence-corrected chi connectivity index (χ3v) is 18.1. The molecule has 0 unspecified atom stereocenters. The number of H-pyrrole nitrogens is 2. The zero-order chi connectivity index (χ0) is 58.2. The summed E-state index contributed by atoms with van der Waals surface area (Å²) in [5.41, 5.74) is 24.7. The lowest BCUT2D eigenvalue weighted by Crippen LogP contribution is -1.99. The van der Waals surface area contributed by atoms with Gasteiger partial charge in [0.25, 0.3) is 0 Å². The van der Waals surface area contributed by atoms with Gasteiger partial charge in [-0.15, -0.1) is 0 Å². The van der Waals surface area contributed by atoms with Crippen molar-refractivity contribution in [3.8, 4) is 67.5 Å². The second kappa shape index (κ2) is 21.4. The fraction of sp³-hybridized carbons (Fsp3) is 0.211. The lowest BCUT2D eigenvalue weighted by Gasteiger charge is -2.21. The highest BCUT2D eigenvalue weighted by atomic mass is 16.5. The normalized spacial score (nSPS) is 12.6. The van der Waals surface area contributed by atoms with Crippen LogP contribution < -0.4 is 18.9 Å². The molecule has 8 aromatic carbocycles. The summed E-state index contributed by atoms with van der Waals surface area (Å²) in [6.45, 7) is 18.0. The summed E-state index contributed by atoms with van der Waals surface area (Å²) in [6, 6.07) is 52.0. The van der Waals surface area contributed by atoms with Crippen LogP contribution in [0.5, 0.6) is 23.0 Å². The smallest absolute Gasteiger partial charge is 0.135 e. The van der Waals surface area contributed by atoms with Gasteiger partial charge >= 0.3 is 0 Å². The van der Waals surface area contributed by atoms with Crippen molar-refractivity contribution in [3.05, 3.63) is 191 Å². The fourth-order valence-corrected chi connectivity index (χ4v) is 14.1. The molecule has 8 bridgehead atoms. The number of hydrogen-bond acceptors (Lipinski definition) is 6. The highest BCUT2D eigenvalue weighted by Crippen LogP contribution is 2.55. The van der Waals surface area contributed by atoms with Crippen LogP contribution in [0, 0.1) is 13.8 Å². The maximum atomic E-state index is 6.88. The molecule has 11 aromatic rings. The quantitative estimate of drug-likeness (QED) is 0.127. The van der Waals surface area contributed by atoms with E-state index in [1.54, 1.807) is 28.4 Å². The van der Waals surface area contributed by atoms with Crippen LogP contribution in [-0.4, -0.2) is 48.4 Å². The van der Waals surface area contributed by atoms with E-state index < -0.39 is 0 Å². The Kier molecular flexibility index (Phi) is 13.7. The van der Waals surface area contributed by atoms with E-state index >= 15 is 0 Å². The van der Waals surface area contributed by atoms with E-state index in [0.717, 1.165) is 203 Å². The van der Waals surface area contributed by atoms with Crippen molar-refractivity contribution < 1.29 is 18.9 Å². The lowest BCUT2D eigenvalue weighted by atomic mass is 9.87. The molecule has 3 aromatic heterocycles. The van der Waals surface area contributed by atoms with Crippen molar-refractivity contribution in [1.29, 1.82) is 0 Å². The molecule has 0 saturated heterocycles. The van der Waals surface area contributed by atoms with Crippen molar-refractivity contribution in [1.82, 2.24) is 19.9 Å². The van der Waals surface area contributed by atoms with Gasteiger partial charge in [0, 0.05) is 55.5 Å². The molecule has 0 amide bonds. The molecule has 8 heteroatoms. The molecule has 8 nitrogen and oxygen atoms in total. The summed E-state index contributed by atoms with van der Waals surface area (Å²) < 4.78 is 26.3. The second-order valence-corrected chi connectivity index (χ2v) is 22.2. The van der Waals surface area contributed by atoms with Gasteiger partial charge in [0.2, 0.25) is 0 Å². The molecule has 2 aliphatic rings. The zero-order valence-electron chi connectivity index (χ0n) is 50.2. The summed E-state index contributed by atoms with van der Waals surface area (Å²) in [5.74, 6) is 3.03. The van der Waals surface area contributed by atoms with Crippen molar-refractivity contribution in [2.24, 2.45) is 0 Å². The third-order valence-electron chi connectivity index (χ3n) is 18.1. The average molecular weight is 1100 g/mol. The number of ether oxygens (including phenoxy) is 4. The molecule has 2 aliphatic heterocycles. The molecule has 0 radical (unpaired) electrons. The standard InChI is InChI=1S/C76H70N4O4/c1-13-49-41(5)71-69(57-37-47-27-19-23-31-55(47)67(75(57)83-11)65-53-29-21-17-25-45(53)33-35-63(65)81-9)72-43(7)51(15-3)61(79-72)40-62-52(16-4)44(8)74(80-62)70(73-42(6)50(14-2)60(78-73)39-59(49)77-71)58-38-48-28-20-24-32-56(48)68(76(58)84-12)66-54-30-22-18-26-46(54)34-36-64(66)82-10/h17-40,77,80H,13-16H2,1-12H3. The number of fused-ring (bicyclic) bond motifs is 12. The molecular formula is C76H70N4O4. The Balaban J connectivity index is 1.22. The van der Waals surface area contributed by atoms with Gasteiger partial charge in [-0.1, -0.05) is 137 Å². The second-order valence-electron chi connectivity index (χ2n) is 22.2. The summed E-state index contributed by atoms with van der Waals surface area (Å²) in [5, 5.41) is 8.67. The number of rotatable bonds is 12. The van der Waals surface area contributed by atoms with E-state index in [2.05, 4.69) is 211 Å². The van der Waals surface area contributed by atoms with Gasteiger partial charge in [0.05, 0.1) is 62.2 Å². The van der Waals surface area contributed by atoms with Gasteiger partial charge in [-0.3, -0.25) is 0 Å². The van der Waals surface area contributed by atoms with Crippen LogP contribution in [0.25, 0.3) is 132 Å². The molecule has 418 valence electrons. The first-order valence-corrected chi connectivity index (χ1v) is 29.5. The van der Waals surface area contributed by atoms with E-state index in [1.165, 1.54) is 22.3 Å². The number of hydrogen-bond donors (Lipinski definition) is 2. The lowest BCUT2D eigenvalue weighted by molar-refractivity contribution is 0.412. The van der Waals surface area contributed by atoms with Crippen molar-refractivity contribution in [2.75, 3.05) is 28.4 Å². The predicted molar refractivity (Wildman–Crippen MR) is 353 cm³/mol. The minimum Gasteiger partial charge on any atom is -0.496 e. The van der Waals surface area contributed by atoms with E-state index in [0.29, 0.717) is 0 Å².